The fourth-order valence-corrected chi connectivity index (χ4v) is 3.40. The number of nitrogens with zero attached hydrogens (tertiary/aromatic N) is 2. The van der Waals surface area contributed by atoms with Gasteiger partial charge in [-0.3, -0.25) is 4.68 Å². The predicted molar refractivity (Wildman–Crippen MR) is 71.7 cm³/mol. The van der Waals surface area contributed by atoms with Gasteiger partial charge in [0.1, 0.15) is 0 Å². The summed E-state index contributed by atoms with van der Waals surface area (Å²) < 4.78 is 3.08. The number of aryl methyl sites for hydroxylation is 2. The smallest absolute Gasteiger partial charge is 0.0705 e. The molecular weight excluding hydrogens is 286 g/mol. The zero-order valence-corrected chi connectivity index (χ0v) is 11.7. The molecule has 0 fully saturated rings. The summed E-state index contributed by atoms with van der Waals surface area (Å²) in [6, 6.07) is 4.19. The Kier molecular flexibility index (Phi) is 3.47. The van der Waals surface area contributed by atoms with E-state index in [1.807, 2.05) is 18.7 Å². The highest BCUT2D eigenvalue weighted by Crippen LogP contribution is 2.35. The molecule has 2 aromatic heterocycles. The zero-order chi connectivity index (χ0) is 11.7. The molecule has 0 saturated heterocycles. The first-order chi connectivity index (χ1) is 7.63. The minimum atomic E-state index is 0.651. The van der Waals surface area contributed by atoms with Gasteiger partial charge in [0.05, 0.1) is 9.48 Å². The van der Waals surface area contributed by atoms with Crippen molar-refractivity contribution in [3.05, 3.63) is 27.3 Å². The molecule has 2 heterocycles. The lowest BCUT2D eigenvalue weighted by molar-refractivity contribution is 0.701. The second-order valence-corrected chi connectivity index (χ2v) is 6.14. The number of hydrogen-bond donors (Lipinski definition) is 1. The van der Waals surface area contributed by atoms with Crippen LogP contribution in [-0.2, 0) is 13.5 Å². The second kappa shape index (κ2) is 4.69. The SMILES string of the molecule is Cc1nn(C)c(CCN)c1-c1ccc(Br)s1. The zero-order valence-electron chi connectivity index (χ0n) is 9.33. The maximum Gasteiger partial charge on any atom is 0.0705 e. The Bertz CT molecular complexity index is 501. The van der Waals surface area contributed by atoms with Gasteiger partial charge in [0.2, 0.25) is 0 Å². The molecule has 0 aliphatic heterocycles. The van der Waals surface area contributed by atoms with Gasteiger partial charge in [-0.05, 0) is 41.5 Å². The van der Waals surface area contributed by atoms with E-state index in [2.05, 4.69) is 33.2 Å². The fraction of sp³-hybridized carbons (Fsp3) is 0.364. The van der Waals surface area contributed by atoms with Crippen LogP contribution in [0.3, 0.4) is 0 Å². The maximum absolute atomic E-state index is 5.64. The largest absolute Gasteiger partial charge is 0.330 e. The van der Waals surface area contributed by atoms with Gasteiger partial charge >= 0.3 is 0 Å². The summed E-state index contributed by atoms with van der Waals surface area (Å²) in [5, 5.41) is 4.47. The molecule has 0 saturated carbocycles. The van der Waals surface area contributed by atoms with E-state index in [-0.39, 0.29) is 0 Å². The number of thiophene rings is 1. The normalized spacial score (nSPS) is 11.0. The number of rotatable bonds is 3. The molecule has 2 aromatic rings. The lowest BCUT2D eigenvalue weighted by Crippen LogP contribution is -2.08. The van der Waals surface area contributed by atoms with Gasteiger partial charge < -0.3 is 5.73 Å². The van der Waals surface area contributed by atoms with Crippen molar-refractivity contribution in [2.75, 3.05) is 6.54 Å². The Morgan fingerprint density at radius 3 is 2.81 bits per heavy atom. The van der Waals surface area contributed by atoms with Crippen molar-refractivity contribution < 1.29 is 0 Å². The van der Waals surface area contributed by atoms with Crippen molar-refractivity contribution in [3.8, 4) is 10.4 Å². The molecule has 0 radical (unpaired) electrons. The minimum Gasteiger partial charge on any atom is -0.330 e. The summed E-state index contributed by atoms with van der Waals surface area (Å²) >= 11 is 5.22. The monoisotopic (exact) mass is 299 g/mol. The first kappa shape index (κ1) is 11.8. The number of nitrogens with two attached hydrogens (primary N) is 1. The van der Waals surface area contributed by atoms with Crippen molar-refractivity contribution in [1.29, 1.82) is 0 Å². The molecule has 2 rings (SSSR count). The van der Waals surface area contributed by atoms with Gasteiger partial charge in [0.25, 0.3) is 0 Å². The van der Waals surface area contributed by atoms with Gasteiger partial charge in [0.15, 0.2) is 0 Å². The Balaban J connectivity index is 2.54. The third kappa shape index (κ3) is 2.07. The second-order valence-electron chi connectivity index (χ2n) is 3.67. The molecule has 0 spiro atoms. The van der Waals surface area contributed by atoms with E-state index in [0.29, 0.717) is 6.54 Å². The van der Waals surface area contributed by atoms with Crippen LogP contribution >= 0.6 is 27.3 Å². The molecule has 86 valence electrons. The minimum absolute atomic E-state index is 0.651. The Morgan fingerprint density at radius 1 is 1.50 bits per heavy atom. The van der Waals surface area contributed by atoms with E-state index in [4.69, 9.17) is 5.73 Å². The fourth-order valence-electron chi connectivity index (χ4n) is 1.90. The van der Waals surface area contributed by atoms with Crippen LogP contribution in [0.15, 0.2) is 15.9 Å². The molecule has 0 aliphatic rings. The van der Waals surface area contributed by atoms with Crippen LogP contribution in [0.1, 0.15) is 11.4 Å². The predicted octanol–water partition coefficient (Wildman–Crippen LogP) is 2.72. The highest BCUT2D eigenvalue weighted by atomic mass is 79.9. The van der Waals surface area contributed by atoms with Gasteiger partial charge in [-0.1, -0.05) is 0 Å². The van der Waals surface area contributed by atoms with Crippen molar-refractivity contribution in [2.24, 2.45) is 12.8 Å². The van der Waals surface area contributed by atoms with Crippen LogP contribution in [-0.4, -0.2) is 16.3 Å². The lowest BCUT2D eigenvalue weighted by atomic mass is 10.1. The molecule has 16 heavy (non-hydrogen) atoms. The highest BCUT2D eigenvalue weighted by Gasteiger charge is 2.15. The van der Waals surface area contributed by atoms with E-state index < -0.39 is 0 Å². The quantitative estimate of drug-likeness (QED) is 0.947. The van der Waals surface area contributed by atoms with Gasteiger partial charge in [0, 0.05) is 29.6 Å². The summed E-state index contributed by atoms with van der Waals surface area (Å²) in [5.74, 6) is 0. The average molecular weight is 300 g/mol. The average Bonchev–Trinajstić information content (AvgIpc) is 2.73. The number of halogens is 1. The van der Waals surface area contributed by atoms with Crippen molar-refractivity contribution in [3.63, 3.8) is 0 Å². The lowest BCUT2D eigenvalue weighted by Gasteiger charge is -2.03. The molecule has 0 unspecified atom stereocenters. The van der Waals surface area contributed by atoms with Crippen LogP contribution in [0.2, 0.25) is 0 Å². The molecule has 0 bridgehead atoms. The molecule has 3 nitrogen and oxygen atoms in total. The summed E-state index contributed by atoms with van der Waals surface area (Å²) in [6.07, 6.45) is 0.863. The van der Waals surface area contributed by atoms with Crippen LogP contribution < -0.4 is 5.73 Å². The Labute approximate surface area is 107 Å². The van der Waals surface area contributed by atoms with Gasteiger partial charge in [-0.15, -0.1) is 11.3 Å². The van der Waals surface area contributed by atoms with Crippen molar-refractivity contribution in [1.82, 2.24) is 9.78 Å². The maximum atomic E-state index is 5.64. The first-order valence-electron chi connectivity index (χ1n) is 5.11. The summed E-state index contributed by atoms with van der Waals surface area (Å²) in [7, 11) is 1.98. The number of hydrogen-bond acceptors (Lipinski definition) is 3. The van der Waals surface area contributed by atoms with E-state index in [0.717, 1.165) is 15.9 Å². The van der Waals surface area contributed by atoms with Crippen LogP contribution in [0.25, 0.3) is 10.4 Å². The standard InChI is InChI=1S/C11H14BrN3S/c1-7-11(9-3-4-10(12)16-9)8(5-6-13)15(2)14-7/h3-4H,5-6,13H2,1-2H3. The first-order valence-corrected chi connectivity index (χ1v) is 6.72. The topological polar surface area (TPSA) is 43.8 Å². The molecule has 0 amide bonds. The van der Waals surface area contributed by atoms with E-state index in [1.54, 1.807) is 11.3 Å². The molecule has 0 atom stereocenters. The van der Waals surface area contributed by atoms with Crippen molar-refractivity contribution >= 4 is 27.3 Å². The third-order valence-electron chi connectivity index (χ3n) is 2.54. The van der Waals surface area contributed by atoms with Crippen LogP contribution in [0, 0.1) is 6.92 Å². The summed E-state index contributed by atoms with van der Waals surface area (Å²) in [4.78, 5) is 1.25. The molecule has 5 heteroatoms. The van der Waals surface area contributed by atoms with Gasteiger partial charge in [-0.2, -0.15) is 5.10 Å². The van der Waals surface area contributed by atoms with Crippen LogP contribution in [0.5, 0.6) is 0 Å². The van der Waals surface area contributed by atoms with E-state index in [9.17, 15) is 0 Å². The van der Waals surface area contributed by atoms with Crippen LogP contribution in [0.4, 0.5) is 0 Å². The summed E-state index contributed by atoms with van der Waals surface area (Å²) in [6.45, 7) is 2.70. The van der Waals surface area contributed by atoms with Gasteiger partial charge in [-0.25, -0.2) is 0 Å². The molecule has 0 aliphatic carbocycles. The van der Waals surface area contributed by atoms with E-state index >= 15 is 0 Å². The van der Waals surface area contributed by atoms with E-state index in [1.165, 1.54) is 16.1 Å². The Hall–Kier alpha value is -0.650. The number of aromatic nitrogens is 2. The third-order valence-corrected chi connectivity index (χ3v) is 4.18. The Morgan fingerprint density at radius 2 is 2.25 bits per heavy atom. The highest BCUT2D eigenvalue weighted by molar-refractivity contribution is 9.11. The molecular formula is C11H14BrN3S. The molecule has 2 N–H and O–H groups in total. The van der Waals surface area contributed by atoms with Crippen molar-refractivity contribution in [2.45, 2.75) is 13.3 Å². The molecule has 0 aromatic carbocycles. The summed E-state index contributed by atoms with van der Waals surface area (Å²) in [5.41, 5.74) is 9.17.